The SMILES string of the molecule is CCCCC[S+]([O-])CC[C@@H]1[C@@H]2CC[C@@H](C2)[C@@H]1C/C=C\CCCC(=O)O. The molecule has 2 rings (SSSR count). The average Bonchev–Trinajstić information content (AvgIpc) is 3.17. The number of carbonyl (C=O) groups is 1. The van der Waals surface area contributed by atoms with E-state index in [2.05, 4.69) is 19.1 Å². The highest BCUT2D eigenvalue weighted by Gasteiger charge is 2.46. The van der Waals surface area contributed by atoms with Crippen LogP contribution in [0, 0.1) is 23.7 Å². The largest absolute Gasteiger partial charge is 0.616 e. The Hall–Kier alpha value is -0.480. The highest BCUT2D eigenvalue weighted by Crippen LogP contribution is 2.54. The number of carboxylic acids is 1. The summed E-state index contributed by atoms with van der Waals surface area (Å²) in [4.78, 5) is 10.5. The molecule has 0 aromatic heterocycles. The van der Waals surface area contributed by atoms with Crippen LogP contribution in [0.5, 0.6) is 0 Å². The summed E-state index contributed by atoms with van der Waals surface area (Å²) >= 11 is -0.623. The quantitative estimate of drug-likeness (QED) is 0.277. The first-order valence-corrected chi connectivity index (χ1v) is 11.8. The molecule has 2 fully saturated rings. The van der Waals surface area contributed by atoms with Crippen molar-refractivity contribution < 1.29 is 14.5 Å². The van der Waals surface area contributed by atoms with Gasteiger partial charge in [-0.2, -0.15) is 0 Å². The van der Waals surface area contributed by atoms with E-state index in [1.807, 2.05) is 0 Å². The minimum absolute atomic E-state index is 0.269. The third-order valence-electron chi connectivity index (χ3n) is 6.27. The van der Waals surface area contributed by atoms with Gasteiger partial charge in [0.25, 0.3) is 0 Å². The number of allylic oxidation sites excluding steroid dienone is 2. The van der Waals surface area contributed by atoms with Crippen molar-refractivity contribution in [1.29, 1.82) is 0 Å². The number of unbranched alkanes of at least 4 members (excludes halogenated alkanes) is 3. The molecule has 0 amide bonds. The van der Waals surface area contributed by atoms with Crippen LogP contribution in [-0.4, -0.2) is 27.1 Å². The van der Waals surface area contributed by atoms with Gasteiger partial charge >= 0.3 is 5.97 Å². The average molecular weight is 369 g/mol. The molecule has 0 aromatic rings. The first-order chi connectivity index (χ1) is 12.1. The van der Waals surface area contributed by atoms with Crippen LogP contribution in [0.15, 0.2) is 12.2 Å². The van der Waals surface area contributed by atoms with Crippen molar-refractivity contribution in [2.45, 2.75) is 77.6 Å². The lowest BCUT2D eigenvalue weighted by molar-refractivity contribution is -0.137. The van der Waals surface area contributed by atoms with Crippen molar-refractivity contribution in [2.24, 2.45) is 23.7 Å². The fourth-order valence-corrected chi connectivity index (χ4v) is 6.24. The molecule has 0 saturated heterocycles. The van der Waals surface area contributed by atoms with Crippen LogP contribution in [0.25, 0.3) is 0 Å². The summed E-state index contributed by atoms with van der Waals surface area (Å²) in [6.07, 6.45) is 16.3. The van der Waals surface area contributed by atoms with Crippen molar-refractivity contribution >= 4 is 17.1 Å². The summed E-state index contributed by atoms with van der Waals surface area (Å²) in [5.74, 6) is 4.41. The molecule has 0 radical (unpaired) electrons. The summed E-state index contributed by atoms with van der Waals surface area (Å²) < 4.78 is 12.2. The van der Waals surface area contributed by atoms with Crippen LogP contribution < -0.4 is 0 Å². The van der Waals surface area contributed by atoms with Crippen LogP contribution >= 0.6 is 0 Å². The predicted molar refractivity (Wildman–Crippen MR) is 105 cm³/mol. The van der Waals surface area contributed by atoms with Gasteiger partial charge in [0.05, 0.1) is 0 Å². The van der Waals surface area contributed by atoms with Crippen molar-refractivity contribution in [1.82, 2.24) is 0 Å². The van der Waals surface area contributed by atoms with Gasteiger partial charge in [-0.25, -0.2) is 0 Å². The Balaban J connectivity index is 1.71. The standard InChI is InChI=1S/C21H36O3S/c1-2-3-8-14-25(24)15-13-20-18-12-11-17(16-18)19(20)9-6-4-5-7-10-21(22)23/h4,6,17-20H,2-3,5,7-16H2,1H3,(H,22,23)/b6-4-/t17-,18+,19-,20+,25?/m0/s1. The highest BCUT2D eigenvalue weighted by atomic mass is 32.2. The maximum Gasteiger partial charge on any atom is 0.303 e. The van der Waals surface area contributed by atoms with Gasteiger partial charge in [-0.15, -0.1) is 0 Å². The molecule has 0 heterocycles. The number of rotatable bonds is 13. The summed E-state index contributed by atoms with van der Waals surface area (Å²) in [6, 6.07) is 0. The van der Waals surface area contributed by atoms with Crippen LogP contribution in [0.4, 0.5) is 0 Å². The van der Waals surface area contributed by atoms with Gasteiger partial charge < -0.3 is 9.66 Å². The molecular weight excluding hydrogens is 332 g/mol. The molecule has 0 aromatic carbocycles. The van der Waals surface area contributed by atoms with Crippen LogP contribution in [-0.2, 0) is 16.0 Å². The van der Waals surface area contributed by atoms with E-state index in [-0.39, 0.29) is 6.42 Å². The maximum absolute atomic E-state index is 12.2. The molecule has 2 aliphatic carbocycles. The molecule has 25 heavy (non-hydrogen) atoms. The number of fused-ring (bicyclic) bond motifs is 2. The molecule has 0 aliphatic heterocycles. The first-order valence-electron chi connectivity index (χ1n) is 10.3. The van der Waals surface area contributed by atoms with Crippen molar-refractivity contribution in [2.75, 3.05) is 11.5 Å². The second kappa shape index (κ2) is 11.3. The van der Waals surface area contributed by atoms with Crippen molar-refractivity contribution in [3.8, 4) is 0 Å². The van der Waals surface area contributed by atoms with Crippen molar-refractivity contribution in [3.05, 3.63) is 12.2 Å². The maximum atomic E-state index is 12.2. The predicted octanol–water partition coefficient (Wildman–Crippen LogP) is 5.18. The minimum atomic E-state index is -0.700. The zero-order chi connectivity index (χ0) is 18.1. The summed E-state index contributed by atoms with van der Waals surface area (Å²) in [6.45, 7) is 2.19. The van der Waals surface area contributed by atoms with Gasteiger partial charge in [-0.05, 0) is 81.5 Å². The molecule has 0 spiro atoms. The van der Waals surface area contributed by atoms with E-state index >= 15 is 0 Å². The Morgan fingerprint density at radius 2 is 1.88 bits per heavy atom. The molecule has 144 valence electrons. The Kier molecular flexibility index (Phi) is 9.40. The Labute approximate surface area is 156 Å². The molecule has 2 aliphatic rings. The Bertz CT molecular complexity index is 423. The van der Waals surface area contributed by atoms with Gasteiger partial charge in [0.15, 0.2) is 0 Å². The summed E-state index contributed by atoms with van der Waals surface area (Å²) in [7, 11) is 0. The minimum Gasteiger partial charge on any atom is -0.616 e. The number of carboxylic acid groups (broad SMARTS) is 1. The van der Waals surface area contributed by atoms with Crippen LogP contribution in [0.3, 0.4) is 0 Å². The second-order valence-electron chi connectivity index (χ2n) is 8.00. The van der Waals surface area contributed by atoms with Gasteiger partial charge in [0.1, 0.15) is 11.5 Å². The van der Waals surface area contributed by atoms with Crippen LogP contribution in [0.1, 0.15) is 77.6 Å². The molecule has 3 nitrogen and oxygen atoms in total. The van der Waals surface area contributed by atoms with E-state index in [0.29, 0.717) is 0 Å². The Morgan fingerprint density at radius 1 is 1.12 bits per heavy atom. The number of hydrogen-bond acceptors (Lipinski definition) is 2. The second-order valence-corrected chi connectivity index (χ2v) is 9.69. The summed E-state index contributed by atoms with van der Waals surface area (Å²) in [5, 5.41) is 8.67. The highest BCUT2D eigenvalue weighted by molar-refractivity contribution is 7.91. The molecule has 5 atom stereocenters. The lowest BCUT2D eigenvalue weighted by Crippen LogP contribution is -2.25. The molecule has 1 N–H and O–H groups in total. The van der Waals surface area contributed by atoms with Gasteiger partial charge in [0, 0.05) is 6.42 Å². The zero-order valence-corrected chi connectivity index (χ0v) is 16.6. The van der Waals surface area contributed by atoms with E-state index in [0.717, 1.165) is 67.3 Å². The van der Waals surface area contributed by atoms with Crippen LogP contribution in [0.2, 0.25) is 0 Å². The fourth-order valence-electron chi connectivity index (χ4n) is 4.97. The van der Waals surface area contributed by atoms with E-state index in [9.17, 15) is 9.35 Å². The number of hydrogen-bond donors (Lipinski definition) is 1. The lowest BCUT2D eigenvalue weighted by atomic mass is 9.76. The molecule has 4 heteroatoms. The molecular formula is C21H36O3S. The molecule has 2 bridgehead atoms. The topological polar surface area (TPSA) is 60.4 Å². The smallest absolute Gasteiger partial charge is 0.303 e. The first kappa shape index (κ1) is 20.8. The van der Waals surface area contributed by atoms with Gasteiger partial charge in [0.2, 0.25) is 0 Å². The van der Waals surface area contributed by atoms with E-state index in [1.165, 1.54) is 32.1 Å². The number of aliphatic carboxylic acids is 1. The van der Waals surface area contributed by atoms with Gasteiger partial charge in [-0.3, -0.25) is 4.79 Å². The fraction of sp³-hybridized carbons (Fsp3) is 0.857. The molecule has 2 saturated carbocycles. The van der Waals surface area contributed by atoms with E-state index in [1.54, 1.807) is 0 Å². The Morgan fingerprint density at radius 3 is 2.60 bits per heavy atom. The summed E-state index contributed by atoms with van der Waals surface area (Å²) in [5.41, 5.74) is 0. The molecule has 1 unspecified atom stereocenters. The monoisotopic (exact) mass is 368 g/mol. The zero-order valence-electron chi connectivity index (χ0n) is 15.8. The van der Waals surface area contributed by atoms with Crippen molar-refractivity contribution in [3.63, 3.8) is 0 Å². The third kappa shape index (κ3) is 6.97. The lowest BCUT2D eigenvalue weighted by Gasteiger charge is -2.30. The van der Waals surface area contributed by atoms with E-state index < -0.39 is 17.1 Å². The normalized spacial score (nSPS) is 29.5. The van der Waals surface area contributed by atoms with Gasteiger partial charge in [-0.1, -0.05) is 36.7 Å². The third-order valence-corrected chi connectivity index (χ3v) is 7.70. The van der Waals surface area contributed by atoms with E-state index in [4.69, 9.17) is 5.11 Å².